The van der Waals surface area contributed by atoms with Gasteiger partial charge in [-0.25, -0.2) is 0 Å². The molecular formula is C7H5NO2S2. The highest BCUT2D eigenvalue weighted by atomic mass is 32.1. The Morgan fingerprint density at radius 3 is 2.50 bits per heavy atom. The number of hydrogen-bond donors (Lipinski definition) is 1. The molecule has 3 nitrogen and oxygen atoms in total. The Balaban J connectivity index is 3.27. The minimum absolute atomic E-state index is 0.00231. The summed E-state index contributed by atoms with van der Waals surface area (Å²) >= 11 is 8.61. The molecule has 0 unspecified atom stereocenters. The fourth-order valence-electron chi connectivity index (χ4n) is 0.814. The zero-order valence-corrected chi connectivity index (χ0v) is 7.64. The Labute approximate surface area is 80.0 Å². The Morgan fingerprint density at radius 1 is 1.50 bits per heavy atom. The van der Waals surface area contributed by atoms with Gasteiger partial charge < -0.3 is 0 Å². The molecule has 0 radical (unpaired) electrons. The fraction of sp³-hybridized carbons (Fsp3) is 0. The van der Waals surface area contributed by atoms with E-state index < -0.39 is 4.92 Å². The zero-order chi connectivity index (χ0) is 9.14. The van der Waals surface area contributed by atoms with Gasteiger partial charge in [-0.2, -0.15) is 0 Å². The molecule has 0 heterocycles. The number of thiol groups is 1. The standard InChI is InChI=1S/C7H5NO2S2/c9-8(10)6-4-2-1-3-5(6)7(11)12/h1-4H,(H,11,12). The number of rotatable bonds is 2. The predicted molar refractivity (Wildman–Crippen MR) is 53.8 cm³/mol. The van der Waals surface area contributed by atoms with Gasteiger partial charge in [0, 0.05) is 6.07 Å². The van der Waals surface area contributed by atoms with Gasteiger partial charge in [-0.15, -0.1) is 12.6 Å². The van der Waals surface area contributed by atoms with E-state index in [0.29, 0.717) is 5.56 Å². The maximum absolute atomic E-state index is 10.4. The summed E-state index contributed by atoms with van der Waals surface area (Å²) in [7, 11) is 0. The van der Waals surface area contributed by atoms with E-state index in [4.69, 9.17) is 12.2 Å². The first-order chi connectivity index (χ1) is 5.63. The van der Waals surface area contributed by atoms with Crippen molar-refractivity contribution in [1.29, 1.82) is 0 Å². The van der Waals surface area contributed by atoms with E-state index in [1.807, 2.05) is 0 Å². The maximum atomic E-state index is 10.4. The van der Waals surface area contributed by atoms with E-state index in [1.54, 1.807) is 18.2 Å². The summed E-state index contributed by atoms with van der Waals surface area (Å²) in [5.41, 5.74) is 0.387. The molecule has 0 aliphatic rings. The number of hydrogen-bond acceptors (Lipinski definition) is 3. The van der Waals surface area contributed by atoms with Gasteiger partial charge in [0.2, 0.25) is 0 Å². The average Bonchev–Trinajstić information content (AvgIpc) is 2.04. The fourth-order valence-corrected chi connectivity index (χ4v) is 1.18. The first-order valence-corrected chi connectivity index (χ1v) is 3.95. The first kappa shape index (κ1) is 9.15. The Hall–Kier alpha value is -0.940. The number of nitro groups is 1. The molecule has 0 aliphatic carbocycles. The summed E-state index contributed by atoms with van der Waals surface area (Å²) in [6.07, 6.45) is 0. The molecule has 1 rings (SSSR count). The SMILES string of the molecule is O=[N+]([O-])c1ccccc1C(=S)S. The highest BCUT2D eigenvalue weighted by Gasteiger charge is 2.13. The van der Waals surface area contributed by atoms with Crippen LogP contribution in [0, 0.1) is 10.1 Å². The average molecular weight is 199 g/mol. The maximum Gasteiger partial charge on any atom is 0.278 e. The third-order valence-electron chi connectivity index (χ3n) is 1.33. The molecule has 0 aliphatic heterocycles. The van der Waals surface area contributed by atoms with Crippen LogP contribution in [0.2, 0.25) is 0 Å². The molecule has 0 N–H and O–H groups in total. The molecule has 0 amide bonds. The molecule has 0 fully saturated rings. The lowest BCUT2D eigenvalue weighted by Crippen LogP contribution is -1.96. The molecule has 1 aromatic carbocycles. The monoisotopic (exact) mass is 199 g/mol. The van der Waals surface area contributed by atoms with E-state index >= 15 is 0 Å². The molecule has 5 heteroatoms. The molecule has 0 saturated carbocycles. The summed E-state index contributed by atoms with van der Waals surface area (Å²) in [5, 5.41) is 10.4. The van der Waals surface area contributed by atoms with Crippen molar-refractivity contribution >= 4 is 34.7 Å². The third kappa shape index (κ3) is 1.80. The van der Waals surface area contributed by atoms with Crippen LogP contribution in [0.1, 0.15) is 5.56 Å². The van der Waals surface area contributed by atoms with Crippen LogP contribution in [-0.4, -0.2) is 9.12 Å². The second kappa shape index (κ2) is 3.64. The smallest absolute Gasteiger partial charge is 0.258 e. The van der Waals surface area contributed by atoms with Gasteiger partial charge in [0.25, 0.3) is 5.69 Å². The molecule has 12 heavy (non-hydrogen) atoms. The van der Waals surface area contributed by atoms with Gasteiger partial charge in [0.15, 0.2) is 0 Å². The van der Waals surface area contributed by atoms with Gasteiger partial charge in [0.05, 0.1) is 14.7 Å². The van der Waals surface area contributed by atoms with Crippen molar-refractivity contribution in [2.24, 2.45) is 0 Å². The van der Waals surface area contributed by atoms with Gasteiger partial charge >= 0.3 is 0 Å². The minimum atomic E-state index is -0.474. The molecule has 0 atom stereocenters. The van der Waals surface area contributed by atoms with Crippen molar-refractivity contribution in [3.8, 4) is 0 Å². The van der Waals surface area contributed by atoms with Crippen molar-refractivity contribution < 1.29 is 4.92 Å². The number of nitrogens with zero attached hydrogens (tertiary/aromatic N) is 1. The van der Waals surface area contributed by atoms with E-state index in [-0.39, 0.29) is 9.88 Å². The first-order valence-electron chi connectivity index (χ1n) is 3.09. The topological polar surface area (TPSA) is 43.1 Å². The quantitative estimate of drug-likeness (QED) is 0.343. The van der Waals surface area contributed by atoms with Crippen LogP contribution in [0.5, 0.6) is 0 Å². The number of benzene rings is 1. The van der Waals surface area contributed by atoms with Gasteiger partial charge in [-0.1, -0.05) is 24.4 Å². The molecule has 0 aromatic heterocycles. The highest BCUT2D eigenvalue weighted by molar-refractivity contribution is 8.11. The van der Waals surface area contributed by atoms with E-state index in [1.165, 1.54) is 6.07 Å². The molecular weight excluding hydrogens is 194 g/mol. The summed E-state index contributed by atoms with van der Waals surface area (Å²) in [5.74, 6) is 0. The van der Waals surface area contributed by atoms with Crippen LogP contribution < -0.4 is 0 Å². The van der Waals surface area contributed by atoms with Crippen molar-refractivity contribution in [1.82, 2.24) is 0 Å². The largest absolute Gasteiger partial charge is 0.278 e. The van der Waals surface area contributed by atoms with Crippen molar-refractivity contribution in [2.75, 3.05) is 0 Å². The van der Waals surface area contributed by atoms with E-state index in [2.05, 4.69) is 12.6 Å². The van der Waals surface area contributed by atoms with Crippen LogP contribution in [0.4, 0.5) is 5.69 Å². The summed E-state index contributed by atoms with van der Waals surface area (Å²) < 4.78 is 0.238. The van der Waals surface area contributed by atoms with E-state index in [9.17, 15) is 10.1 Å². The van der Waals surface area contributed by atoms with E-state index in [0.717, 1.165) is 0 Å². The summed E-state index contributed by atoms with van der Waals surface area (Å²) in [4.78, 5) is 9.96. The van der Waals surface area contributed by atoms with Gasteiger partial charge in [0.1, 0.15) is 0 Å². The number of thiocarbonyl (C=S) groups is 1. The minimum Gasteiger partial charge on any atom is -0.258 e. The number of nitro benzene ring substituents is 1. The normalized spacial score (nSPS) is 9.42. The van der Waals surface area contributed by atoms with Crippen LogP contribution >= 0.6 is 24.8 Å². The van der Waals surface area contributed by atoms with Crippen molar-refractivity contribution in [2.45, 2.75) is 0 Å². The van der Waals surface area contributed by atoms with Crippen LogP contribution in [0.3, 0.4) is 0 Å². The molecule has 0 saturated heterocycles. The lowest BCUT2D eigenvalue weighted by molar-refractivity contribution is -0.385. The Bertz CT molecular complexity index is 305. The van der Waals surface area contributed by atoms with Crippen molar-refractivity contribution in [3.05, 3.63) is 39.9 Å². The Morgan fingerprint density at radius 2 is 2.08 bits per heavy atom. The van der Waals surface area contributed by atoms with Gasteiger partial charge in [-0.05, 0) is 6.07 Å². The third-order valence-corrected chi connectivity index (χ3v) is 1.79. The summed E-state index contributed by atoms with van der Waals surface area (Å²) in [6, 6.07) is 6.25. The van der Waals surface area contributed by atoms with Crippen LogP contribution in [-0.2, 0) is 0 Å². The molecule has 0 bridgehead atoms. The second-order valence-electron chi connectivity index (χ2n) is 2.08. The second-order valence-corrected chi connectivity index (χ2v) is 3.24. The van der Waals surface area contributed by atoms with Gasteiger partial charge in [-0.3, -0.25) is 10.1 Å². The number of para-hydroxylation sites is 1. The molecule has 1 aromatic rings. The zero-order valence-electron chi connectivity index (χ0n) is 5.93. The predicted octanol–water partition coefficient (Wildman–Crippen LogP) is 2.20. The summed E-state index contributed by atoms with van der Waals surface area (Å²) in [6.45, 7) is 0. The van der Waals surface area contributed by atoms with Crippen LogP contribution in [0.25, 0.3) is 0 Å². The Kier molecular flexibility index (Phi) is 2.78. The van der Waals surface area contributed by atoms with Crippen molar-refractivity contribution in [3.63, 3.8) is 0 Å². The lowest BCUT2D eigenvalue weighted by atomic mass is 10.2. The van der Waals surface area contributed by atoms with Crippen LogP contribution in [0.15, 0.2) is 24.3 Å². The highest BCUT2D eigenvalue weighted by Crippen LogP contribution is 2.19. The molecule has 0 spiro atoms. The molecule has 62 valence electrons. The lowest BCUT2D eigenvalue weighted by Gasteiger charge is -1.97.